The van der Waals surface area contributed by atoms with Crippen LogP contribution in [0.4, 0.5) is 4.79 Å². The van der Waals surface area contributed by atoms with Gasteiger partial charge in [0.1, 0.15) is 12.2 Å². The molecule has 0 saturated heterocycles. The molecule has 0 bridgehead atoms. The number of esters is 1. The number of rotatable bonds is 7. The number of ether oxygens (including phenoxy) is 2. The van der Waals surface area contributed by atoms with Gasteiger partial charge in [0.25, 0.3) is 0 Å². The second-order valence-corrected chi connectivity index (χ2v) is 5.02. The summed E-state index contributed by atoms with van der Waals surface area (Å²) < 4.78 is 9.34. The van der Waals surface area contributed by atoms with E-state index in [1.165, 1.54) is 6.92 Å². The average molecular weight is 311 g/mol. The Labute approximate surface area is 128 Å². The third kappa shape index (κ3) is 5.71. The van der Waals surface area contributed by atoms with Crippen LogP contribution in [0.5, 0.6) is 0 Å². The highest BCUT2D eigenvalue weighted by Gasteiger charge is 2.36. The van der Waals surface area contributed by atoms with Gasteiger partial charge in [-0.15, -0.1) is 0 Å². The van der Waals surface area contributed by atoms with Crippen molar-refractivity contribution in [2.75, 3.05) is 13.7 Å². The SMILES string of the molecule is COC(=O)[C@@H](O)[C@](C)(O)CCNC(=O)OCc1ccccc1. The smallest absolute Gasteiger partial charge is 0.407 e. The zero-order chi connectivity index (χ0) is 16.6. The largest absolute Gasteiger partial charge is 0.467 e. The second-order valence-electron chi connectivity index (χ2n) is 5.02. The standard InChI is InChI=1S/C15H21NO6/c1-15(20,12(17)13(18)21-2)8-9-16-14(19)22-10-11-6-4-3-5-7-11/h3-7,12,17,20H,8-10H2,1-2H3,(H,16,19)/t12-,15-/m1/s1. The molecule has 7 heteroatoms. The van der Waals surface area contributed by atoms with E-state index < -0.39 is 23.8 Å². The molecular weight excluding hydrogens is 290 g/mol. The molecule has 0 aromatic heterocycles. The van der Waals surface area contributed by atoms with E-state index in [4.69, 9.17) is 4.74 Å². The summed E-state index contributed by atoms with van der Waals surface area (Å²) >= 11 is 0. The van der Waals surface area contributed by atoms with Gasteiger partial charge in [-0.25, -0.2) is 9.59 Å². The lowest BCUT2D eigenvalue weighted by Crippen LogP contribution is -2.47. The first-order valence-corrected chi connectivity index (χ1v) is 6.79. The van der Waals surface area contributed by atoms with Crippen LogP contribution in [0.15, 0.2) is 30.3 Å². The highest BCUT2D eigenvalue weighted by atomic mass is 16.5. The fraction of sp³-hybridized carbons (Fsp3) is 0.467. The number of nitrogens with one attached hydrogen (secondary N) is 1. The Bertz CT molecular complexity index is 488. The summed E-state index contributed by atoms with van der Waals surface area (Å²) in [5, 5.41) is 22.0. The van der Waals surface area contributed by atoms with E-state index in [0.717, 1.165) is 12.7 Å². The van der Waals surface area contributed by atoms with Crippen LogP contribution in [0.3, 0.4) is 0 Å². The first-order valence-electron chi connectivity index (χ1n) is 6.79. The van der Waals surface area contributed by atoms with Gasteiger partial charge in [-0.3, -0.25) is 0 Å². The molecule has 0 saturated carbocycles. The Morgan fingerprint density at radius 1 is 1.32 bits per heavy atom. The summed E-state index contributed by atoms with van der Waals surface area (Å²) in [6.07, 6.45) is -2.36. The molecule has 0 aliphatic carbocycles. The van der Waals surface area contributed by atoms with Gasteiger partial charge in [0.15, 0.2) is 6.10 Å². The number of hydrogen-bond acceptors (Lipinski definition) is 6. The Morgan fingerprint density at radius 2 is 1.95 bits per heavy atom. The Morgan fingerprint density at radius 3 is 2.55 bits per heavy atom. The molecule has 1 amide bonds. The fourth-order valence-corrected chi connectivity index (χ4v) is 1.69. The Balaban J connectivity index is 2.31. The van der Waals surface area contributed by atoms with Crippen molar-refractivity contribution in [2.45, 2.75) is 31.7 Å². The summed E-state index contributed by atoms with van der Waals surface area (Å²) in [7, 11) is 1.11. The summed E-state index contributed by atoms with van der Waals surface area (Å²) in [5.74, 6) is -0.934. The lowest BCUT2D eigenvalue weighted by Gasteiger charge is -2.27. The molecule has 0 fully saturated rings. The van der Waals surface area contributed by atoms with Crippen LogP contribution < -0.4 is 5.32 Å². The summed E-state index contributed by atoms with van der Waals surface area (Å²) in [6.45, 7) is 1.45. The van der Waals surface area contributed by atoms with E-state index in [0.29, 0.717) is 0 Å². The van der Waals surface area contributed by atoms with Gasteiger partial charge in [-0.1, -0.05) is 30.3 Å². The topological polar surface area (TPSA) is 105 Å². The van der Waals surface area contributed by atoms with E-state index in [-0.39, 0.29) is 19.6 Å². The van der Waals surface area contributed by atoms with Gasteiger partial charge >= 0.3 is 12.1 Å². The Hall–Kier alpha value is -2.12. The normalized spacial score (nSPS) is 14.5. The summed E-state index contributed by atoms with van der Waals surface area (Å²) in [5.41, 5.74) is -0.856. The van der Waals surface area contributed by atoms with Crippen LogP contribution >= 0.6 is 0 Å². The number of carbonyl (C=O) groups is 2. The Kier molecular flexibility index (Phi) is 6.81. The molecule has 0 radical (unpaired) electrons. The molecule has 1 aromatic carbocycles. The number of alkyl carbamates (subject to hydrolysis) is 1. The van der Waals surface area contributed by atoms with Crippen LogP contribution in [0.1, 0.15) is 18.9 Å². The highest BCUT2D eigenvalue weighted by Crippen LogP contribution is 2.15. The number of carbonyl (C=O) groups excluding carboxylic acids is 2. The van der Waals surface area contributed by atoms with Gasteiger partial charge in [-0.05, 0) is 18.9 Å². The van der Waals surface area contributed by atoms with E-state index in [1.54, 1.807) is 0 Å². The van der Waals surface area contributed by atoms with Crippen molar-refractivity contribution in [3.8, 4) is 0 Å². The molecule has 122 valence electrons. The quantitative estimate of drug-likeness (QED) is 0.637. The van der Waals surface area contributed by atoms with Crippen LogP contribution in [0.25, 0.3) is 0 Å². The number of hydrogen-bond donors (Lipinski definition) is 3. The van der Waals surface area contributed by atoms with Gasteiger partial charge < -0.3 is 25.0 Å². The minimum Gasteiger partial charge on any atom is -0.467 e. The number of aliphatic hydroxyl groups is 2. The van der Waals surface area contributed by atoms with Crippen molar-refractivity contribution in [2.24, 2.45) is 0 Å². The van der Waals surface area contributed by atoms with E-state index in [2.05, 4.69) is 10.1 Å². The third-order valence-electron chi connectivity index (χ3n) is 3.13. The second kappa shape index (κ2) is 8.35. The van der Waals surface area contributed by atoms with E-state index in [1.807, 2.05) is 30.3 Å². The predicted octanol–water partition coefficient (Wildman–Crippen LogP) is 0.588. The van der Waals surface area contributed by atoms with Crippen LogP contribution in [-0.4, -0.2) is 47.6 Å². The van der Waals surface area contributed by atoms with E-state index in [9.17, 15) is 19.8 Å². The fourth-order valence-electron chi connectivity index (χ4n) is 1.69. The van der Waals surface area contributed by atoms with Crippen molar-refractivity contribution in [1.29, 1.82) is 0 Å². The first-order chi connectivity index (χ1) is 10.4. The minimum absolute atomic E-state index is 0.0364. The maximum atomic E-state index is 11.5. The molecule has 2 atom stereocenters. The molecule has 0 unspecified atom stereocenters. The molecule has 1 aromatic rings. The maximum Gasteiger partial charge on any atom is 0.407 e. The third-order valence-corrected chi connectivity index (χ3v) is 3.13. The number of aliphatic hydroxyl groups excluding tert-OH is 1. The minimum atomic E-state index is -1.71. The monoisotopic (exact) mass is 311 g/mol. The molecule has 7 nitrogen and oxygen atoms in total. The molecule has 22 heavy (non-hydrogen) atoms. The number of amides is 1. The molecule has 0 aliphatic heterocycles. The van der Waals surface area contributed by atoms with Gasteiger partial charge in [0.05, 0.1) is 7.11 Å². The van der Waals surface area contributed by atoms with Crippen molar-refractivity contribution in [1.82, 2.24) is 5.32 Å². The molecular formula is C15H21NO6. The van der Waals surface area contributed by atoms with Gasteiger partial charge in [0, 0.05) is 6.54 Å². The van der Waals surface area contributed by atoms with Crippen molar-refractivity contribution >= 4 is 12.1 Å². The zero-order valence-electron chi connectivity index (χ0n) is 12.6. The van der Waals surface area contributed by atoms with Crippen LogP contribution in [0.2, 0.25) is 0 Å². The van der Waals surface area contributed by atoms with Crippen molar-refractivity contribution in [3.63, 3.8) is 0 Å². The van der Waals surface area contributed by atoms with Gasteiger partial charge in [0.2, 0.25) is 0 Å². The van der Waals surface area contributed by atoms with Gasteiger partial charge in [-0.2, -0.15) is 0 Å². The highest BCUT2D eigenvalue weighted by molar-refractivity contribution is 5.75. The van der Waals surface area contributed by atoms with E-state index >= 15 is 0 Å². The summed E-state index contributed by atoms with van der Waals surface area (Å²) in [4.78, 5) is 22.7. The first kappa shape index (κ1) is 17.9. The molecule has 0 aliphatic rings. The summed E-state index contributed by atoms with van der Waals surface area (Å²) in [6, 6.07) is 9.18. The molecule has 0 spiro atoms. The molecule has 0 heterocycles. The maximum absolute atomic E-state index is 11.5. The molecule has 1 rings (SSSR count). The van der Waals surface area contributed by atoms with Crippen LogP contribution in [-0.2, 0) is 20.9 Å². The van der Waals surface area contributed by atoms with Crippen molar-refractivity contribution in [3.05, 3.63) is 35.9 Å². The van der Waals surface area contributed by atoms with Crippen molar-refractivity contribution < 1.29 is 29.3 Å². The predicted molar refractivity (Wildman–Crippen MR) is 77.9 cm³/mol. The number of benzene rings is 1. The molecule has 3 N–H and O–H groups in total. The lowest BCUT2D eigenvalue weighted by molar-refractivity contribution is -0.165. The lowest BCUT2D eigenvalue weighted by atomic mass is 9.95. The number of methoxy groups -OCH3 is 1. The van der Waals surface area contributed by atoms with Crippen LogP contribution in [0, 0.1) is 0 Å². The average Bonchev–Trinajstić information content (AvgIpc) is 2.52. The zero-order valence-corrected chi connectivity index (χ0v) is 12.6.